The van der Waals surface area contributed by atoms with Gasteiger partial charge in [0.1, 0.15) is 23.0 Å². The Morgan fingerprint density at radius 2 is 0.923 bits per heavy atom. The smallest absolute Gasteiger partial charge is 0.246 e. The number of benzene rings is 2. The molecule has 1 saturated heterocycles. The summed E-state index contributed by atoms with van der Waals surface area (Å²) in [5, 5.41) is 0. The van der Waals surface area contributed by atoms with Crippen molar-refractivity contribution in [2.45, 2.75) is 6.42 Å². The van der Waals surface area contributed by atoms with Crippen molar-refractivity contribution in [3.8, 4) is 23.0 Å². The van der Waals surface area contributed by atoms with Gasteiger partial charge in [0.05, 0.1) is 28.4 Å². The molecule has 1 aliphatic heterocycles. The van der Waals surface area contributed by atoms with E-state index in [1.807, 2.05) is 36.4 Å². The third kappa shape index (κ3) is 9.10. The van der Waals surface area contributed by atoms with E-state index in [0.29, 0.717) is 49.2 Å². The van der Waals surface area contributed by atoms with Crippen molar-refractivity contribution >= 4 is 24.0 Å². The van der Waals surface area contributed by atoms with Gasteiger partial charge in [-0.15, -0.1) is 0 Å². The van der Waals surface area contributed by atoms with Crippen molar-refractivity contribution in [1.82, 2.24) is 9.80 Å². The average molecular weight is 533 g/mol. The van der Waals surface area contributed by atoms with E-state index in [4.69, 9.17) is 18.9 Å². The molecule has 8 heteroatoms. The predicted molar refractivity (Wildman–Crippen MR) is 153 cm³/mol. The monoisotopic (exact) mass is 532 g/mol. The minimum absolute atomic E-state index is 0.0793. The number of amides is 2. The number of carbonyl (C=O) groups is 2. The van der Waals surface area contributed by atoms with Crippen LogP contribution in [-0.2, 0) is 9.59 Å². The van der Waals surface area contributed by atoms with E-state index in [1.54, 1.807) is 86.8 Å². The Hall–Kier alpha value is -4.46. The van der Waals surface area contributed by atoms with Crippen molar-refractivity contribution in [2.24, 2.45) is 0 Å². The molecule has 8 nitrogen and oxygen atoms in total. The highest BCUT2D eigenvalue weighted by Crippen LogP contribution is 2.24. The summed E-state index contributed by atoms with van der Waals surface area (Å²) < 4.78 is 21.1. The number of nitrogens with zero attached hydrogens (tertiary/aromatic N) is 2. The van der Waals surface area contributed by atoms with Crippen LogP contribution in [0.5, 0.6) is 23.0 Å². The molecule has 206 valence electrons. The molecule has 39 heavy (non-hydrogen) atoms. The van der Waals surface area contributed by atoms with E-state index >= 15 is 0 Å². The zero-order chi connectivity index (χ0) is 28.0. The van der Waals surface area contributed by atoms with Crippen LogP contribution in [-0.4, -0.2) is 76.2 Å². The number of methoxy groups -OCH3 is 4. The molecule has 0 atom stereocenters. The first-order chi connectivity index (χ1) is 18.9. The molecule has 0 bridgehead atoms. The third-order valence-electron chi connectivity index (χ3n) is 6.14. The summed E-state index contributed by atoms with van der Waals surface area (Å²) in [5.74, 6) is 2.62. The quantitative estimate of drug-likeness (QED) is 0.328. The van der Waals surface area contributed by atoms with E-state index in [2.05, 4.69) is 0 Å². The summed E-state index contributed by atoms with van der Waals surface area (Å²) in [6.07, 6.45) is 14.6. The third-order valence-corrected chi connectivity index (χ3v) is 6.14. The lowest BCUT2D eigenvalue weighted by atomic mass is 10.2. The van der Waals surface area contributed by atoms with Crippen LogP contribution in [0, 0.1) is 0 Å². The molecular formula is C31H36N2O6. The molecule has 1 heterocycles. The van der Waals surface area contributed by atoms with Crippen LogP contribution in [0.3, 0.4) is 0 Å². The first-order valence-corrected chi connectivity index (χ1v) is 12.7. The molecule has 2 aromatic rings. The van der Waals surface area contributed by atoms with Crippen LogP contribution in [0.25, 0.3) is 12.2 Å². The minimum atomic E-state index is -0.0793. The van der Waals surface area contributed by atoms with Gasteiger partial charge in [0.15, 0.2) is 0 Å². The number of ether oxygens (including phenoxy) is 4. The molecule has 0 aliphatic carbocycles. The Morgan fingerprint density at radius 1 is 0.564 bits per heavy atom. The zero-order valence-corrected chi connectivity index (χ0v) is 23.0. The highest BCUT2D eigenvalue weighted by Gasteiger charge is 2.19. The van der Waals surface area contributed by atoms with Gasteiger partial charge < -0.3 is 28.7 Å². The molecule has 3 rings (SSSR count). The van der Waals surface area contributed by atoms with Gasteiger partial charge in [0.25, 0.3) is 0 Å². The molecule has 0 aromatic heterocycles. The SMILES string of the molecule is COc1cc(C=CC=CC(=O)N2CCCN(C(=O)C=CC=Cc3cc(OC)cc(OC)c3)CC2)cc(OC)c1. The first-order valence-electron chi connectivity index (χ1n) is 12.7. The number of hydrogen-bond donors (Lipinski definition) is 0. The van der Waals surface area contributed by atoms with Crippen LogP contribution in [0.4, 0.5) is 0 Å². The Kier molecular flexibility index (Phi) is 11.2. The van der Waals surface area contributed by atoms with Gasteiger partial charge in [0.2, 0.25) is 11.8 Å². The lowest BCUT2D eigenvalue weighted by Gasteiger charge is -2.20. The molecule has 0 N–H and O–H groups in total. The standard InChI is InChI=1S/C31H36N2O6/c1-36-26-18-24(19-27(22-26)37-2)10-5-7-12-30(34)32-14-9-15-33(17-16-32)31(35)13-8-6-11-25-20-28(38-3)23-29(21-25)39-4/h5-8,10-13,18-23H,9,14-17H2,1-4H3. The molecule has 0 radical (unpaired) electrons. The summed E-state index contributed by atoms with van der Waals surface area (Å²) in [7, 11) is 6.41. The Morgan fingerprint density at radius 3 is 1.26 bits per heavy atom. The lowest BCUT2D eigenvalue weighted by Crippen LogP contribution is -2.36. The van der Waals surface area contributed by atoms with Crippen LogP contribution in [0.15, 0.2) is 72.9 Å². The molecular weight excluding hydrogens is 496 g/mol. The fourth-order valence-electron chi connectivity index (χ4n) is 4.03. The summed E-state index contributed by atoms with van der Waals surface area (Å²) in [6.45, 7) is 2.17. The van der Waals surface area contributed by atoms with Crippen molar-refractivity contribution in [2.75, 3.05) is 54.6 Å². The average Bonchev–Trinajstić information content (AvgIpc) is 3.23. The Balaban J connectivity index is 1.50. The van der Waals surface area contributed by atoms with E-state index in [0.717, 1.165) is 17.5 Å². The number of allylic oxidation sites excluding steroid dienone is 4. The fraction of sp³-hybridized carbons (Fsp3) is 0.290. The van der Waals surface area contributed by atoms with Gasteiger partial charge in [-0.3, -0.25) is 9.59 Å². The second-order valence-corrected chi connectivity index (χ2v) is 8.73. The highest BCUT2D eigenvalue weighted by molar-refractivity contribution is 5.89. The molecule has 0 saturated carbocycles. The van der Waals surface area contributed by atoms with Crippen LogP contribution < -0.4 is 18.9 Å². The van der Waals surface area contributed by atoms with E-state index in [-0.39, 0.29) is 11.8 Å². The van der Waals surface area contributed by atoms with Crippen LogP contribution >= 0.6 is 0 Å². The minimum Gasteiger partial charge on any atom is -0.497 e. The number of rotatable bonds is 10. The molecule has 0 spiro atoms. The number of carbonyl (C=O) groups excluding carboxylic acids is 2. The van der Waals surface area contributed by atoms with E-state index in [9.17, 15) is 9.59 Å². The molecule has 2 amide bonds. The fourth-order valence-corrected chi connectivity index (χ4v) is 4.03. The lowest BCUT2D eigenvalue weighted by molar-refractivity contribution is -0.128. The summed E-state index contributed by atoms with van der Waals surface area (Å²) in [4.78, 5) is 28.9. The molecule has 1 aliphatic rings. The normalized spacial score (nSPS) is 14.4. The molecule has 2 aromatic carbocycles. The summed E-state index contributed by atoms with van der Waals surface area (Å²) in [5.41, 5.74) is 1.80. The van der Waals surface area contributed by atoms with E-state index in [1.165, 1.54) is 0 Å². The van der Waals surface area contributed by atoms with Crippen molar-refractivity contribution in [3.05, 3.63) is 84.0 Å². The van der Waals surface area contributed by atoms with Crippen molar-refractivity contribution in [1.29, 1.82) is 0 Å². The molecule has 0 unspecified atom stereocenters. The number of hydrogen-bond acceptors (Lipinski definition) is 6. The predicted octanol–water partition coefficient (Wildman–Crippen LogP) is 4.62. The largest absolute Gasteiger partial charge is 0.497 e. The highest BCUT2D eigenvalue weighted by atomic mass is 16.5. The second kappa shape index (κ2) is 15.1. The topological polar surface area (TPSA) is 77.5 Å². The van der Waals surface area contributed by atoms with Gasteiger partial charge in [-0.05, 0) is 41.8 Å². The second-order valence-electron chi connectivity index (χ2n) is 8.73. The maximum Gasteiger partial charge on any atom is 0.246 e. The van der Waals surface area contributed by atoms with Crippen LogP contribution in [0.2, 0.25) is 0 Å². The maximum atomic E-state index is 12.7. The van der Waals surface area contributed by atoms with Crippen LogP contribution in [0.1, 0.15) is 17.5 Å². The van der Waals surface area contributed by atoms with Gasteiger partial charge in [-0.25, -0.2) is 0 Å². The van der Waals surface area contributed by atoms with Gasteiger partial charge in [-0.1, -0.05) is 36.5 Å². The maximum absolute atomic E-state index is 12.7. The van der Waals surface area contributed by atoms with Gasteiger partial charge in [0, 0.05) is 50.5 Å². The van der Waals surface area contributed by atoms with E-state index < -0.39 is 0 Å². The molecule has 1 fully saturated rings. The summed E-state index contributed by atoms with van der Waals surface area (Å²) >= 11 is 0. The van der Waals surface area contributed by atoms with Gasteiger partial charge in [-0.2, -0.15) is 0 Å². The van der Waals surface area contributed by atoms with Crippen molar-refractivity contribution in [3.63, 3.8) is 0 Å². The van der Waals surface area contributed by atoms with Gasteiger partial charge >= 0.3 is 0 Å². The Bertz CT molecular complexity index is 1110. The Labute approximate surface area is 230 Å². The first kappa shape index (κ1) is 29.1. The van der Waals surface area contributed by atoms with Crippen molar-refractivity contribution < 1.29 is 28.5 Å². The zero-order valence-electron chi connectivity index (χ0n) is 23.0. The summed E-state index contributed by atoms with van der Waals surface area (Å²) in [6, 6.07) is 11.1.